The van der Waals surface area contributed by atoms with Crippen molar-refractivity contribution in [3.05, 3.63) is 28.5 Å². The van der Waals surface area contributed by atoms with Crippen LogP contribution in [0.1, 0.15) is 24.2 Å². The van der Waals surface area contributed by atoms with Crippen LogP contribution in [0.4, 0.5) is 4.39 Å². The summed E-state index contributed by atoms with van der Waals surface area (Å²) in [5.41, 5.74) is -0.840. The third-order valence-electron chi connectivity index (χ3n) is 2.83. The van der Waals surface area contributed by atoms with Gasteiger partial charge in [0.25, 0.3) is 0 Å². The number of nitrogens with one attached hydrogen (secondary N) is 1. The molecule has 0 saturated carbocycles. The Balaban J connectivity index is 3.35. The van der Waals surface area contributed by atoms with Gasteiger partial charge in [0.1, 0.15) is 4.90 Å². The van der Waals surface area contributed by atoms with Crippen LogP contribution in [-0.2, 0) is 10.0 Å². The molecule has 0 aliphatic carbocycles. The number of carboxylic acid groups (broad SMARTS) is 1. The van der Waals surface area contributed by atoms with Crippen molar-refractivity contribution in [1.29, 1.82) is 0 Å². The molecule has 0 aromatic heterocycles. The number of aliphatic hydroxyl groups is 1. The van der Waals surface area contributed by atoms with E-state index >= 15 is 0 Å². The number of aliphatic hydroxyl groups excluding tert-OH is 1. The van der Waals surface area contributed by atoms with Gasteiger partial charge in [-0.05, 0) is 18.1 Å². The average Bonchev–Trinajstić information content (AvgIpc) is 2.37. The van der Waals surface area contributed by atoms with Gasteiger partial charge in [-0.15, -0.1) is 0 Å². The highest BCUT2D eigenvalue weighted by Crippen LogP contribution is 2.24. The molecule has 0 heterocycles. The lowest BCUT2D eigenvalue weighted by atomic mass is 10.1. The van der Waals surface area contributed by atoms with Crippen LogP contribution in [0, 0.1) is 11.7 Å². The highest BCUT2D eigenvalue weighted by molar-refractivity contribution is 7.89. The van der Waals surface area contributed by atoms with Gasteiger partial charge in [-0.3, -0.25) is 0 Å². The van der Waals surface area contributed by atoms with Crippen LogP contribution >= 0.6 is 11.6 Å². The standard InChI is InChI=1S/C12H15ClFNO5S/c1-6(2)9(5-16)15-21(19,20)10-4-7(13)3-8(11(10)14)12(17)18/h3-4,6,9,15-16H,5H2,1-2H3,(H,17,18). The van der Waals surface area contributed by atoms with Gasteiger partial charge >= 0.3 is 5.97 Å². The van der Waals surface area contributed by atoms with Crippen LogP contribution in [0.3, 0.4) is 0 Å². The van der Waals surface area contributed by atoms with Crippen LogP contribution < -0.4 is 4.72 Å². The number of benzene rings is 1. The van der Waals surface area contributed by atoms with E-state index in [1.807, 2.05) is 0 Å². The zero-order valence-electron chi connectivity index (χ0n) is 11.3. The molecular weight excluding hydrogens is 325 g/mol. The Kier molecular flexibility index (Phi) is 5.68. The highest BCUT2D eigenvalue weighted by Gasteiger charge is 2.28. The first kappa shape index (κ1) is 17.8. The summed E-state index contributed by atoms with van der Waals surface area (Å²) >= 11 is 5.63. The predicted octanol–water partition coefficient (Wildman–Crippen LogP) is 1.47. The minimum absolute atomic E-state index is 0.223. The molecule has 9 heteroatoms. The Morgan fingerprint density at radius 3 is 2.43 bits per heavy atom. The number of halogens is 2. The number of carboxylic acids is 1. The van der Waals surface area contributed by atoms with Crippen molar-refractivity contribution in [2.75, 3.05) is 6.61 Å². The molecule has 0 saturated heterocycles. The third-order valence-corrected chi connectivity index (χ3v) is 4.54. The van der Waals surface area contributed by atoms with Gasteiger partial charge in [-0.25, -0.2) is 22.3 Å². The summed E-state index contributed by atoms with van der Waals surface area (Å²) in [6.07, 6.45) is 0. The van der Waals surface area contributed by atoms with E-state index in [1.54, 1.807) is 13.8 Å². The minimum atomic E-state index is -4.36. The lowest BCUT2D eigenvalue weighted by Crippen LogP contribution is -2.41. The first-order valence-corrected chi connectivity index (χ1v) is 7.81. The van der Waals surface area contributed by atoms with E-state index in [4.69, 9.17) is 21.8 Å². The summed E-state index contributed by atoms with van der Waals surface area (Å²) in [6, 6.07) is 0.812. The summed E-state index contributed by atoms with van der Waals surface area (Å²) in [5.74, 6) is -3.28. The second kappa shape index (κ2) is 6.69. The van der Waals surface area contributed by atoms with Crippen molar-refractivity contribution in [3.63, 3.8) is 0 Å². The number of carbonyl (C=O) groups is 1. The maximum Gasteiger partial charge on any atom is 0.338 e. The van der Waals surface area contributed by atoms with Gasteiger partial charge in [-0.2, -0.15) is 0 Å². The molecule has 3 N–H and O–H groups in total. The zero-order valence-corrected chi connectivity index (χ0v) is 12.9. The molecule has 0 bridgehead atoms. The highest BCUT2D eigenvalue weighted by atomic mass is 35.5. The first-order valence-electron chi connectivity index (χ1n) is 5.95. The first-order chi connectivity index (χ1) is 9.60. The van der Waals surface area contributed by atoms with Crippen molar-refractivity contribution >= 4 is 27.6 Å². The van der Waals surface area contributed by atoms with E-state index in [1.165, 1.54) is 0 Å². The summed E-state index contributed by atoms with van der Waals surface area (Å²) in [5, 5.41) is 17.8. The second-order valence-electron chi connectivity index (χ2n) is 4.72. The van der Waals surface area contributed by atoms with Gasteiger partial charge in [0.15, 0.2) is 5.82 Å². The molecule has 118 valence electrons. The lowest BCUT2D eigenvalue weighted by Gasteiger charge is -2.20. The molecule has 0 aliphatic rings. The summed E-state index contributed by atoms with van der Waals surface area (Å²) in [6.45, 7) is 2.85. The Morgan fingerprint density at radius 2 is 2.00 bits per heavy atom. The number of hydrogen-bond acceptors (Lipinski definition) is 4. The van der Waals surface area contributed by atoms with E-state index < -0.39 is 44.9 Å². The monoisotopic (exact) mass is 339 g/mol. The van der Waals surface area contributed by atoms with E-state index in [9.17, 15) is 17.6 Å². The molecule has 1 unspecified atom stereocenters. The van der Waals surface area contributed by atoms with Crippen molar-refractivity contribution in [1.82, 2.24) is 4.72 Å². The molecule has 0 spiro atoms. The van der Waals surface area contributed by atoms with Crippen molar-refractivity contribution in [3.8, 4) is 0 Å². The Bertz CT molecular complexity index is 647. The number of rotatable bonds is 6. The Labute approximate surface area is 126 Å². The van der Waals surface area contributed by atoms with E-state index in [-0.39, 0.29) is 10.9 Å². The molecular formula is C12H15ClFNO5S. The van der Waals surface area contributed by atoms with Gasteiger partial charge in [0.05, 0.1) is 12.2 Å². The van der Waals surface area contributed by atoms with Crippen molar-refractivity contribution < 1.29 is 27.8 Å². The number of hydrogen-bond donors (Lipinski definition) is 3. The normalized spacial score (nSPS) is 13.4. The smallest absolute Gasteiger partial charge is 0.338 e. The van der Waals surface area contributed by atoms with Crippen LogP contribution in [-0.4, -0.2) is 37.2 Å². The number of sulfonamides is 1. The fourth-order valence-electron chi connectivity index (χ4n) is 1.56. The largest absolute Gasteiger partial charge is 0.478 e. The van der Waals surface area contributed by atoms with Gasteiger partial charge in [-0.1, -0.05) is 25.4 Å². The summed E-state index contributed by atoms with van der Waals surface area (Å²) in [7, 11) is -4.36. The fraction of sp³-hybridized carbons (Fsp3) is 0.417. The molecule has 1 aromatic carbocycles. The van der Waals surface area contributed by atoms with Gasteiger partial charge in [0.2, 0.25) is 10.0 Å². The molecule has 0 radical (unpaired) electrons. The van der Waals surface area contributed by atoms with Crippen molar-refractivity contribution in [2.24, 2.45) is 5.92 Å². The maximum atomic E-state index is 14.0. The average molecular weight is 340 g/mol. The predicted molar refractivity (Wildman–Crippen MR) is 74.4 cm³/mol. The quantitative estimate of drug-likeness (QED) is 0.728. The van der Waals surface area contributed by atoms with Crippen LogP contribution in [0.25, 0.3) is 0 Å². The molecule has 0 amide bonds. The minimum Gasteiger partial charge on any atom is -0.478 e. The molecule has 1 rings (SSSR count). The lowest BCUT2D eigenvalue weighted by molar-refractivity contribution is 0.0691. The van der Waals surface area contributed by atoms with E-state index in [0.29, 0.717) is 0 Å². The van der Waals surface area contributed by atoms with Crippen LogP contribution in [0.15, 0.2) is 17.0 Å². The van der Waals surface area contributed by atoms with Gasteiger partial charge < -0.3 is 10.2 Å². The molecule has 21 heavy (non-hydrogen) atoms. The van der Waals surface area contributed by atoms with E-state index in [2.05, 4.69) is 4.72 Å². The second-order valence-corrected chi connectivity index (χ2v) is 6.84. The molecule has 0 aliphatic heterocycles. The van der Waals surface area contributed by atoms with E-state index in [0.717, 1.165) is 12.1 Å². The molecule has 1 aromatic rings. The maximum absolute atomic E-state index is 14.0. The Morgan fingerprint density at radius 1 is 1.43 bits per heavy atom. The third kappa shape index (κ3) is 4.13. The fourth-order valence-corrected chi connectivity index (χ4v) is 3.35. The summed E-state index contributed by atoms with van der Waals surface area (Å²) < 4.78 is 40.4. The molecule has 1 atom stereocenters. The summed E-state index contributed by atoms with van der Waals surface area (Å²) in [4.78, 5) is 10.0. The SMILES string of the molecule is CC(C)C(CO)NS(=O)(=O)c1cc(Cl)cc(C(=O)O)c1F. The topological polar surface area (TPSA) is 104 Å². The van der Waals surface area contributed by atoms with Crippen LogP contribution in [0.2, 0.25) is 5.02 Å². The Hall–Kier alpha value is -1.22. The number of aromatic carboxylic acids is 1. The van der Waals surface area contributed by atoms with Crippen molar-refractivity contribution in [2.45, 2.75) is 24.8 Å². The van der Waals surface area contributed by atoms with Crippen LogP contribution in [0.5, 0.6) is 0 Å². The molecule has 6 nitrogen and oxygen atoms in total. The van der Waals surface area contributed by atoms with Gasteiger partial charge in [0, 0.05) is 11.1 Å². The molecule has 0 fully saturated rings. The zero-order chi connectivity index (χ0) is 16.4.